The number of fused-ring (bicyclic) bond motifs is 7. The lowest BCUT2D eigenvalue weighted by Gasteiger charge is -2.25. The SMILES string of the molecule is c1ccc(N(c2ccccc2)c2ccc3c(c2)oc2cccc(-c4nc(-c5ccc6ccccc6c5)nc(-c5cccc6oc7ccccc7c56)n4)c23)cc1. The highest BCUT2D eigenvalue weighted by molar-refractivity contribution is 6.14. The highest BCUT2D eigenvalue weighted by Gasteiger charge is 2.21. The lowest BCUT2D eigenvalue weighted by molar-refractivity contribution is 0.668. The summed E-state index contributed by atoms with van der Waals surface area (Å²) >= 11 is 0. The number of para-hydroxylation sites is 3. The lowest BCUT2D eigenvalue weighted by atomic mass is 10.0. The average molecular weight is 707 g/mol. The Labute approximate surface area is 315 Å². The Morgan fingerprint density at radius 2 is 0.891 bits per heavy atom. The van der Waals surface area contributed by atoms with Crippen LogP contribution in [0.5, 0.6) is 0 Å². The van der Waals surface area contributed by atoms with E-state index >= 15 is 0 Å². The molecule has 0 spiro atoms. The van der Waals surface area contributed by atoms with E-state index in [2.05, 4.69) is 132 Å². The van der Waals surface area contributed by atoms with Crippen LogP contribution in [0.2, 0.25) is 0 Å². The van der Waals surface area contributed by atoms with E-state index in [4.69, 9.17) is 23.8 Å². The average Bonchev–Trinajstić information content (AvgIpc) is 3.82. The predicted molar refractivity (Wildman–Crippen MR) is 223 cm³/mol. The zero-order valence-corrected chi connectivity index (χ0v) is 29.4. The number of furan rings is 2. The lowest BCUT2D eigenvalue weighted by Crippen LogP contribution is -2.09. The van der Waals surface area contributed by atoms with Crippen molar-refractivity contribution >= 4 is 71.7 Å². The molecule has 8 aromatic carbocycles. The maximum Gasteiger partial charge on any atom is 0.164 e. The van der Waals surface area contributed by atoms with Crippen LogP contribution in [-0.2, 0) is 0 Å². The molecule has 0 aliphatic heterocycles. The Morgan fingerprint density at radius 1 is 0.345 bits per heavy atom. The van der Waals surface area contributed by atoms with E-state index in [-0.39, 0.29) is 0 Å². The molecule has 3 aromatic heterocycles. The molecular formula is C49H30N4O2. The quantitative estimate of drug-likeness (QED) is 0.171. The van der Waals surface area contributed by atoms with Gasteiger partial charge >= 0.3 is 0 Å². The van der Waals surface area contributed by atoms with Crippen LogP contribution in [0.1, 0.15) is 0 Å². The number of hydrogen-bond donors (Lipinski definition) is 0. The Hall–Kier alpha value is -7.57. The zero-order chi connectivity index (χ0) is 36.3. The topological polar surface area (TPSA) is 68.2 Å². The minimum atomic E-state index is 0.561. The van der Waals surface area contributed by atoms with Crippen LogP contribution in [-0.4, -0.2) is 15.0 Å². The van der Waals surface area contributed by atoms with Crippen molar-refractivity contribution in [3.63, 3.8) is 0 Å². The van der Waals surface area contributed by atoms with Gasteiger partial charge in [-0.25, -0.2) is 15.0 Å². The molecule has 0 bridgehead atoms. The summed E-state index contributed by atoms with van der Waals surface area (Å²) in [7, 11) is 0. The molecule has 6 heteroatoms. The summed E-state index contributed by atoms with van der Waals surface area (Å²) in [5, 5.41) is 6.19. The highest BCUT2D eigenvalue weighted by atomic mass is 16.3. The van der Waals surface area contributed by atoms with Crippen LogP contribution < -0.4 is 4.90 Å². The Kier molecular flexibility index (Phi) is 7.07. The summed E-state index contributed by atoms with van der Waals surface area (Å²) in [6.45, 7) is 0. The molecule has 0 fully saturated rings. The smallest absolute Gasteiger partial charge is 0.164 e. The minimum absolute atomic E-state index is 0.561. The first-order valence-electron chi connectivity index (χ1n) is 18.3. The first kappa shape index (κ1) is 31.0. The summed E-state index contributed by atoms with van der Waals surface area (Å²) in [6.07, 6.45) is 0. The second kappa shape index (κ2) is 12.5. The van der Waals surface area contributed by atoms with Gasteiger partial charge in [0.25, 0.3) is 0 Å². The van der Waals surface area contributed by atoms with E-state index in [0.29, 0.717) is 17.5 Å². The number of anilines is 3. The van der Waals surface area contributed by atoms with Gasteiger partial charge in [-0.15, -0.1) is 0 Å². The first-order valence-corrected chi connectivity index (χ1v) is 18.3. The summed E-state index contributed by atoms with van der Waals surface area (Å²) in [4.78, 5) is 17.9. The van der Waals surface area contributed by atoms with Gasteiger partial charge in [0.2, 0.25) is 0 Å². The zero-order valence-electron chi connectivity index (χ0n) is 29.4. The van der Waals surface area contributed by atoms with Crippen molar-refractivity contribution in [3.05, 3.63) is 182 Å². The molecule has 0 amide bonds. The van der Waals surface area contributed by atoms with E-state index in [1.807, 2.05) is 54.6 Å². The molecule has 3 heterocycles. The van der Waals surface area contributed by atoms with Crippen LogP contribution in [0.15, 0.2) is 191 Å². The van der Waals surface area contributed by atoms with Gasteiger partial charge in [0.1, 0.15) is 22.3 Å². The summed E-state index contributed by atoms with van der Waals surface area (Å²) in [5.74, 6) is 1.72. The maximum absolute atomic E-state index is 6.64. The van der Waals surface area contributed by atoms with Crippen LogP contribution in [0.4, 0.5) is 17.1 Å². The molecule has 6 nitrogen and oxygen atoms in total. The van der Waals surface area contributed by atoms with Gasteiger partial charge in [-0.1, -0.05) is 115 Å². The highest BCUT2D eigenvalue weighted by Crippen LogP contribution is 2.42. The van der Waals surface area contributed by atoms with Crippen LogP contribution in [0, 0.1) is 0 Å². The molecule has 0 radical (unpaired) electrons. The standard InChI is InChI=1S/C49H30N4O2/c1-3-15-34(16-4-1)53(35-17-5-2-6-18-35)36-27-28-38-44(30-36)55-43-24-12-21-40(46(38)43)49-51-47(33-26-25-31-13-7-8-14-32(31)29-33)50-48(52-49)39-20-11-23-42-45(39)37-19-9-10-22-41(37)54-42/h1-30H. The number of rotatable bonds is 6. The van der Waals surface area contributed by atoms with Gasteiger partial charge < -0.3 is 13.7 Å². The molecule has 0 aliphatic rings. The van der Waals surface area contributed by atoms with E-state index < -0.39 is 0 Å². The van der Waals surface area contributed by atoms with Gasteiger partial charge in [-0.05, 0) is 71.4 Å². The van der Waals surface area contributed by atoms with Gasteiger partial charge in [0, 0.05) is 61.4 Å². The normalized spacial score (nSPS) is 11.6. The van der Waals surface area contributed by atoms with Crippen molar-refractivity contribution in [2.45, 2.75) is 0 Å². The van der Waals surface area contributed by atoms with Crippen molar-refractivity contribution in [3.8, 4) is 34.2 Å². The summed E-state index contributed by atoms with van der Waals surface area (Å²) < 4.78 is 12.9. The van der Waals surface area contributed by atoms with Crippen molar-refractivity contribution in [2.24, 2.45) is 0 Å². The van der Waals surface area contributed by atoms with Gasteiger partial charge in [-0.2, -0.15) is 0 Å². The van der Waals surface area contributed by atoms with Crippen LogP contribution in [0.3, 0.4) is 0 Å². The van der Waals surface area contributed by atoms with Crippen LogP contribution in [0.25, 0.3) is 88.8 Å². The Bertz CT molecular complexity index is 3180. The van der Waals surface area contributed by atoms with Gasteiger partial charge in [0.05, 0.1) is 0 Å². The third-order valence-corrected chi connectivity index (χ3v) is 10.3. The molecule has 0 saturated heterocycles. The summed E-state index contributed by atoms with van der Waals surface area (Å²) in [5.41, 5.74) is 8.89. The van der Waals surface area contributed by atoms with Gasteiger partial charge in [-0.3, -0.25) is 0 Å². The third kappa shape index (κ3) is 5.23. The molecule has 0 unspecified atom stereocenters. The largest absolute Gasteiger partial charge is 0.456 e. The molecule has 0 atom stereocenters. The number of nitrogens with zero attached hydrogens (tertiary/aromatic N) is 4. The molecule has 55 heavy (non-hydrogen) atoms. The molecule has 0 saturated carbocycles. The van der Waals surface area contributed by atoms with Crippen molar-refractivity contribution in [1.29, 1.82) is 0 Å². The predicted octanol–water partition coefficient (Wildman–Crippen LogP) is 13.3. The first-order chi connectivity index (χ1) is 27.2. The van der Waals surface area contributed by atoms with Gasteiger partial charge in [0.15, 0.2) is 17.5 Å². The number of aromatic nitrogens is 3. The van der Waals surface area contributed by atoms with E-state index in [9.17, 15) is 0 Å². The molecule has 11 aromatic rings. The molecule has 11 rings (SSSR count). The van der Waals surface area contributed by atoms with Crippen molar-refractivity contribution in [2.75, 3.05) is 4.90 Å². The fraction of sp³-hybridized carbons (Fsp3) is 0. The summed E-state index contributed by atoms with van der Waals surface area (Å²) in [6, 6.07) is 62.1. The number of benzene rings is 8. The van der Waals surface area contributed by atoms with E-state index in [1.165, 1.54) is 0 Å². The molecule has 0 aliphatic carbocycles. The van der Waals surface area contributed by atoms with E-state index in [1.54, 1.807) is 0 Å². The fourth-order valence-electron chi connectivity index (χ4n) is 7.78. The maximum atomic E-state index is 6.64. The third-order valence-electron chi connectivity index (χ3n) is 10.3. The van der Waals surface area contributed by atoms with Crippen LogP contribution >= 0.6 is 0 Å². The minimum Gasteiger partial charge on any atom is -0.456 e. The molecule has 0 N–H and O–H groups in total. The second-order valence-electron chi connectivity index (χ2n) is 13.6. The van der Waals surface area contributed by atoms with E-state index in [0.717, 1.165) is 88.4 Å². The Morgan fingerprint density at radius 3 is 1.58 bits per heavy atom. The second-order valence-corrected chi connectivity index (χ2v) is 13.6. The van der Waals surface area contributed by atoms with Crippen molar-refractivity contribution in [1.82, 2.24) is 15.0 Å². The number of hydrogen-bond acceptors (Lipinski definition) is 6. The van der Waals surface area contributed by atoms with Crippen molar-refractivity contribution < 1.29 is 8.83 Å². The fourth-order valence-corrected chi connectivity index (χ4v) is 7.78. The monoisotopic (exact) mass is 706 g/mol. The molecule has 258 valence electrons. The molecular weight excluding hydrogens is 677 g/mol. The Balaban J connectivity index is 1.13.